The van der Waals surface area contributed by atoms with E-state index in [-0.39, 0.29) is 0 Å². The van der Waals surface area contributed by atoms with Crippen molar-refractivity contribution in [1.82, 2.24) is 5.32 Å². The Morgan fingerprint density at radius 3 is 2.46 bits per heavy atom. The zero-order chi connectivity index (χ0) is 19.5. The van der Waals surface area contributed by atoms with Gasteiger partial charge in [-0.2, -0.15) is 0 Å². The van der Waals surface area contributed by atoms with E-state index in [4.69, 9.17) is 10.5 Å². The van der Waals surface area contributed by atoms with Crippen molar-refractivity contribution in [3.8, 4) is 11.5 Å². The minimum Gasteiger partial charge on any atom is -0.457 e. The molecule has 0 aliphatic heterocycles. The summed E-state index contributed by atoms with van der Waals surface area (Å²) in [7, 11) is 0. The summed E-state index contributed by atoms with van der Waals surface area (Å²) in [6, 6.07) is 24.3. The number of nitrogens with two attached hydrogens (primary N) is 1. The van der Waals surface area contributed by atoms with Crippen molar-refractivity contribution in [2.75, 3.05) is 0 Å². The Balaban J connectivity index is 1.45. The number of nitrogens with one attached hydrogen (secondary N) is 1. The van der Waals surface area contributed by atoms with Gasteiger partial charge in [0.15, 0.2) is 0 Å². The number of fused-ring (bicyclic) bond motifs is 1. The molecule has 0 saturated heterocycles. The zero-order valence-corrected chi connectivity index (χ0v) is 15.9. The van der Waals surface area contributed by atoms with Crippen LogP contribution in [0.3, 0.4) is 0 Å². The molecule has 0 radical (unpaired) electrons. The average Bonchev–Trinajstić information content (AvgIpc) is 3.11. The Bertz CT molecular complexity index is 968. The Morgan fingerprint density at radius 1 is 1.04 bits per heavy atom. The van der Waals surface area contributed by atoms with E-state index in [9.17, 15) is 4.79 Å². The molecular formula is C24H24N2O2. The van der Waals surface area contributed by atoms with Gasteiger partial charge in [-0.3, -0.25) is 4.79 Å². The molecule has 0 spiro atoms. The van der Waals surface area contributed by atoms with Gasteiger partial charge in [0.2, 0.25) is 5.91 Å². The topological polar surface area (TPSA) is 64.3 Å². The summed E-state index contributed by atoms with van der Waals surface area (Å²) < 4.78 is 5.95. The maximum Gasteiger partial charge on any atom is 0.248 e. The van der Waals surface area contributed by atoms with E-state index in [0.717, 1.165) is 18.6 Å². The van der Waals surface area contributed by atoms with Crippen LogP contribution >= 0.6 is 0 Å². The zero-order valence-electron chi connectivity index (χ0n) is 15.9. The highest BCUT2D eigenvalue weighted by molar-refractivity contribution is 5.92. The minimum atomic E-state index is -0.438. The van der Waals surface area contributed by atoms with E-state index >= 15 is 0 Å². The highest BCUT2D eigenvalue weighted by Gasteiger charge is 2.24. The van der Waals surface area contributed by atoms with Crippen molar-refractivity contribution in [3.05, 3.63) is 95.1 Å². The van der Waals surface area contributed by atoms with Crippen molar-refractivity contribution in [2.45, 2.75) is 31.8 Å². The maximum atomic E-state index is 11.2. The highest BCUT2D eigenvalue weighted by Crippen LogP contribution is 2.36. The van der Waals surface area contributed by atoms with Gasteiger partial charge < -0.3 is 15.8 Å². The Kier molecular flexibility index (Phi) is 5.13. The maximum absolute atomic E-state index is 11.2. The van der Waals surface area contributed by atoms with Crippen LogP contribution in [-0.2, 0) is 6.42 Å². The van der Waals surface area contributed by atoms with E-state index in [2.05, 4.69) is 48.6 Å². The third-order valence-corrected chi connectivity index (χ3v) is 5.32. The summed E-state index contributed by atoms with van der Waals surface area (Å²) in [5.74, 6) is 1.06. The second-order valence-corrected chi connectivity index (χ2v) is 7.24. The number of hydrogen-bond donors (Lipinski definition) is 2. The molecule has 0 bridgehead atoms. The quantitative estimate of drug-likeness (QED) is 0.646. The smallest absolute Gasteiger partial charge is 0.248 e. The van der Waals surface area contributed by atoms with Gasteiger partial charge in [-0.25, -0.2) is 0 Å². The number of benzene rings is 3. The van der Waals surface area contributed by atoms with Gasteiger partial charge in [-0.15, -0.1) is 0 Å². The number of rotatable bonds is 6. The molecule has 142 valence electrons. The fraction of sp³-hybridized carbons (Fsp3) is 0.208. The molecule has 0 aromatic heterocycles. The number of carbonyl (C=O) groups is 1. The molecule has 4 nitrogen and oxygen atoms in total. The molecule has 28 heavy (non-hydrogen) atoms. The number of aryl methyl sites for hydroxylation is 1. The molecule has 3 aromatic carbocycles. The van der Waals surface area contributed by atoms with Crippen LogP contribution in [0.2, 0.25) is 0 Å². The van der Waals surface area contributed by atoms with Crippen LogP contribution < -0.4 is 15.8 Å². The van der Waals surface area contributed by atoms with Gasteiger partial charge in [0.05, 0.1) is 0 Å². The Hall–Kier alpha value is -3.11. The molecular weight excluding hydrogens is 348 g/mol. The first-order valence-electron chi connectivity index (χ1n) is 9.61. The lowest BCUT2D eigenvalue weighted by Crippen LogP contribution is -2.22. The number of hydrogen-bond acceptors (Lipinski definition) is 3. The SMILES string of the molecule is CC(NC1CCc2cc(Oc3ccc(C(N)=O)cc3)ccc21)c1ccccc1. The van der Waals surface area contributed by atoms with Crippen molar-refractivity contribution in [2.24, 2.45) is 5.73 Å². The first-order valence-corrected chi connectivity index (χ1v) is 9.61. The second-order valence-electron chi connectivity index (χ2n) is 7.24. The van der Waals surface area contributed by atoms with Crippen LogP contribution in [0.1, 0.15) is 52.5 Å². The molecule has 2 unspecified atom stereocenters. The van der Waals surface area contributed by atoms with Gasteiger partial charge in [-0.05, 0) is 72.9 Å². The Morgan fingerprint density at radius 2 is 1.75 bits per heavy atom. The van der Waals surface area contributed by atoms with E-state index in [1.807, 2.05) is 12.1 Å². The van der Waals surface area contributed by atoms with Crippen molar-refractivity contribution < 1.29 is 9.53 Å². The van der Waals surface area contributed by atoms with Crippen LogP contribution in [0.5, 0.6) is 11.5 Å². The third kappa shape index (κ3) is 3.92. The normalized spacial score (nSPS) is 16.4. The molecule has 1 aliphatic carbocycles. The lowest BCUT2D eigenvalue weighted by molar-refractivity contribution is 0.100. The lowest BCUT2D eigenvalue weighted by atomic mass is 10.0. The molecule has 1 aliphatic rings. The van der Waals surface area contributed by atoms with Crippen LogP contribution in [0.15, 0.2) is 72.8 Å². The first-order chi connectivity index (χ1) is 13.6. The monoisotopic (exact) mass is 372 g/mol. The minimum absolute atomic E-state index is 0.303. The van der Waals surface area contributed by atoms with Crippen LogP contribution in [-0.4, -0.2) is 5.91 Å². The van der Waals surface area contributed by atoms with Crippen molar-refractivity contribution >= 4 is 5.91 Å². The van der Waals surface area contributed by atoms with Gasteiger partial charge in [0.1, 0.15) is 11.5 Å². The molecule has 3 aromatic rings. The van der Waals surface area contributed by atoms with Crippen molar-refractivity contribution in [3.63, 3.8) is 0 Å². The summed E-state index contributed by atoms with van der Waals surface area (Å²) in [6.45, 7) is 2.21. The summed E-state index contributed by atoms with van der Waals surface area (Å²) in [4.78, 5) is 11.2. The summed E-state index contributed by atoms with van der Waals surface area (Å²) in [5.41, 5.74) is 9.72. The predicted octanol–water partition coefficient (Wildman–Crippen LogP) is 4.92. The molecule has 4 rings (SSSR count). The van der Waals surface area contributed by atoms with Gasteiger partial charge in [0.25, 0.3) is 0 Å². The first kappa shape index (κ1) is 18.3. The number of primary amides is 1. The van der Waals surface area contributed by atoms with Crippen LogP contribution in [0, 0.1) is 0 Å². The van der Waals surface area contributed by atoms with Gasteiger partial charge >= 0.3 is 0 Å². The van der Waals surface area contributed by atoms with Crippen LogP contribution in [0.25, 0.3) is 0 Å². The summed E-state index contributed by atoms with van der Waals surface area (Å²) >= 11 is 0. The largest absolute Gasteiger partial charge is 0.457 e. The standard InChI is InChI=1S/C24H24N2O2/c1-16(17-5-3-2-4-6-17)26-23-14-9-19-15-21(12-13-22(19)23)28-20-10-7-18(8-11-20)24(25)27/h2-8,10-13,15-16,23,26H,9,14H2,1H3,(H2,25,27). The fourth-order valence-corrected chi connectivity index (χ4v) is 3.79. The third-order valence-electron chi connectivity index (χ3n) is 5.32. The summed E-state index contributed by atoms with van der Waals surface area (Å²) in [6.07, 6.45) is 2.12. The molecule has 0 fully saturated rings. The van der Waals surface area contributed by atoms with E-state index in [1.165, 1.54) is 16.7 Å². The average molecular weight is 372 g/mol. The molecule has 0 heterocycles. The fourth-order valence-electron chi connectivity index (χ4n) is 3.79. The van der Waals surface area contributed by atoms with Gasteiger partial charge in [0, 0.05) is 17.6 Å². The lowest BCUT2D eigenvalue weighted by Gasteiger charge is -2.21. The molecule has 1 amide bonds. The number of carbonyl (C=O) groups excluding carboxylic acids is 1. The van der Waals surface area contributed by atoms with E-state index < -0.39 is 5.91 Å². The number of amides is 1. The second kappa shape index (κ2) is 7.87. The highest BCUT2D eigenvalue weighted by atomic mass is 16.5. The van der Waals surface area contributed by atoms with Crippen molar-refractivity contribution in [1.29, 1.82) is 0 Å². The summed E-state index contributed by atoms with van der Waals surface area (Å²) in [5, 5.41) is 3.75. The molecule has 0 saturated carbocycles. The molecule has 4 heteroatoms. The molecule has 2 atom stereocenters. The number of ether oxygens (including phenoxy) is 1. The Labute approximate surface area is 165 Å². The predicted molar refractivity (Wildman–Crippen MR) is 111 cm³/mol. The van der Waals surface area contributed by atoms with Crippen LogP contribution in [0.4, 0.5) is 0 Å². The van der Waals surface area contributed by atoms with Gasteiger partial charge in [-0.1, -0.05) is 36.4 Å². The van der Waals surface area contributed by atoms with E-state index in [0.29, 0.717) is 23.4 Å². The van der Waals surface area contributed by atoms with E-state index in [1.54, 1.807) is 24.3 Å². The molecule has 3 N–H and O–H groups in total.